The summed E-state index contributed by atoms with van der Waals surface area (Å²) in [6.07, 6.45) is 5.64. The second kappa shape index (κ2) is 7.63. The van der Waals surface area contributed by atoms with Gasteiger partial charge in [0, 0.05) is 42.2 Å². The number of likely N-dealkylation sites (tertiary alicyclic amines) is 2. The number of nitrogens with zero attached hydrogens (tertiary/aromatic N) is 2. The molecule has 1 atom stereocenters. The van der Waals surface area contributed by atoms with Crippen LogP contribution in [0.15, 0.2) is 29.2 Å². The van der Waals surface area contributed by atoms with Gasteiger partial charge in [-0.1, -0.05) is 17.7 Å². The van der Waals surface area contributed by atoms with E-state index in [1.54, 1.807) is 0 Å². The van der Waals surface area contributed by atoms with Crippen LogP contribution in [0.4, 0.5) is 0 Å². The van der Waals surface area contributed by atoms with E-state index < -0.39 is 0 Å². The summed E-state index contributed by atoms with van der Waals surface area (Å²) in [5.74, 6) is 0.557. The van der Waals surface area contributed by atoms with Gasteiger partial charge in [0.25, 0.3) is 0 Å². The SMILES string of the molecule is Cc1ccc(SC2CCN(C(=O)C3CCC(=O)N(C4CC4)C3)CC2)cc1. The van der Waals surface area contributed by atoms with Crippen molar-refractivity contribution in [2.75, 3.05) is 19.6 Å². The number of hydrogen-bond acceptors (Lipinski definition) is 3. The van der Waals surface area contributed by atoms with Crippen LogP contribution in [0.2, 0.25) is 0 Å². The van der Waals surface area contributed by atoms with Gasteiger partial charge in [0.05, 0.1) is 5.92 Å². The van der Waals surface area contributed by atoms with E-state index in [9.17, 15) is 9.59 Å². The molecule has 0 N–H and O–H groups in total. The highest BCUT2D eigenvalue weighted by Gasteiger charge is 2.40. The molecule has 2 amide bonds. The summed E-state index contributed by atoms with van der Waals surface area (Å²) in [5, 5.41) is 0.595. The van der Waals surface area contributed by atoms with E-state index in [-0.39, 0.29) is 17.7 Å². The van der Waals surface area contributed by atoms with E-state index in [1.807, 2.05) is 16.7 Å². The average molecular weight is 373 g/mol. The molecule has 4 nitrogen and oxygen atoms in total. The maximum absolute atomic E-state index is 12.9. The molecule has 2 heterocycles. The summed E-state index contributed by atoms with van der Waals surface area (Å²) >= 11 is 1.94. The zero-order valence-electron chi connectivity index (χ0n) is 15.5. The normalized spacial score (nSPS) is 24.8. The quantitative estimate of drug-likeness (QED) is 0.812. The number of aryl methyl sites for hydroxylation is 1. The Bertz CT molecular complexity index is 663. The van der Waals surface area contributed by atoms with Gasteiger partial charge in [0.15, 0.2) is 0 Å². The Hall–Kier alpha value is -1.49. The molecule has 1 aromatic carbocycles. The number of thioether (sulfide) groups is 1. The van der Waals surface area contributed by atoms with Gasteiger partial charge >= 0.3 is 0 Å². The molecule has 0 spiro atoms. The maximum Gasteiger partial charge on any atom is 0.227 e. The first-order valence-corrected chi connectivity index (χ1v) is 10.8. The number of carbonyl (C=O) groups excluding carboxylic acids is 2. The fourth-order valence-corrected chi connectivity index (χ4v) is 5.20. The van der Waals surface area contributed by atoms with Gasteiger partial charge in [-0.25, -0.2) is 0 Å². The van der Waals surface area contributed by atoms with Crippen molar-refractivity contribution in [1.82, 2.24) is 9.80 Å². The van der Waals surface area contributed by atoms with Crippen LogP contribution in [-0.2, 0) is 9.59 Å². The zero-order valence-corrected chi connectivity index (χ0v) is 16.3. The molecule has 4 rings (SSSR count). The lowest BCUT2D eigenvalue weighted by atomic mass is 9.95. The van der Waals surface area contributed by atoms with Crippen LogP contribution in [0.1, 0.15) is 44.1 Å². The number of hydrogen-bond donors (Lipinski definition) is 0. The molecule has 26 heavy (non-hydrogen) atoms. The van der Waals surface area contributed by atoms with Crippen LogP contribution < -0.4 is 0 Å². The number of amides is 2. The standard InChI is InChI=1S/C21H28N2O2S/c1-15-2-7-18(8-3-15)26-19-10-12-22(13-11-19)21(25)16-4-9-20(24)23(14-16)17-5-6-17/h2-3,7-8,16-17,19H,4-6,9-14H2,1H3. The van der Waals surface area contributed by atoms with Crippen LogP contribution in [0.3, 0.4) is 0 Å². The highest BCUT2D eigenvalue weighted by Crippen LogP contribution is 2.34. The van der Waals surface area contributed by atoms with E-state index in [4.69, 9.17) is 0 Å². The molecule has 0 aromatic heterocycles. The van der Waals surface area contributed by atoms with Crippen LogP contribution in [0.25, 0.3) is 0 Å². The minimum Gasteiger partial charge on any atom is -0.342 e. The van der Waals surface area contributed by atoms with E-state index >= 15 is 0 Å². The highest BCUT2D eigenvalue weighted by atomic mass is 32.2. The minimum atomic E-state index is 0.0228. The summed E-state index contributed by atoms with van der Waals surface area (Å²) in [7, 11) is 0. The van der Waals surface area contributed by atoms with Crippen LogP contribution in [-0.4, -0.2) is 52.5 Å². The van der Waals surface area contributed by atoms with Gasteiger partial charge in [0.2, 0.25) is 11.8 Å². The molecule has 0 bridgehead atoms. The fraction of sp³-hybridized carbons (Fsp3) is 0.619. The number of rotatable bonds is 4. The van der Waals surface area contributed by atoms with Gasteiger partial charge in [0.1, 0.15) is 0 Å². The van der Waals surface area contributed by atoms with Crippen LogP contribution in [0, 0.1) is 12.8 Å². The Morgan fingerprint density at radius 3 is 2.38 bits per heavy atom. The molecule has 1 unspecified atom stereocenters. The Labute approximate surface area is 160 Å². The first kappa shape index (κ1) is 17.9. The Kier molecular flexibility index (Phi) is 5.25. The fourth-order valence-electron chi connectivity index (χ4n) is 4.07. The van der Waals surface area contributed by atoms with Crippen molar-refractivity contribution >= 4 is 23.6 Å². The third-order valence-electron chi connectivity index (χ3n) is 5.86. The topological polar surface area (TPSA) is 40.6 Å². The predicted octanol–water partition coefficient (Wildman–Crippen LogP) is 3.48. The molecular weight excluding hydrogens is 344 g/mol. The lowest BCUT2D eigenvalue weighted by Crippen LogP contribution is -2.49. The lowest BCUT2D eigenvalue weighted by Gasteiger charge is -2.37. The average Bonchev–Trinajstić information content (AvgIpc) is 3.49. The molecule has 5 heteroatoms. The lowest BCUT2D eigenvalue weighted by molar-refractivity contribution is -0.144. The molecule has 3 fully saturated rings. The smallest absolute Gasteiger partial charge is 0.227 e. The molecule has 3 aliphatic rings. The van der Waals surface area contributed by atoms with Crippen molar-refractivity contribution in [3.63, 3.8) is 0 Å². The third kappa shape index (κ3) is 4.08. The maximum atomic E-state index is 12.9. The predicted molar refractivity (Wildman–Crippen MR) is 104 cm³/mol. The molecule has 1 saturated carbocycles. The summed E-state index contributed by atoms with van der Waals surface area (Å²) in [4.78, 5) is 30.3. The molecule has 1 aromatic rings. The molecular formula is C21H28N2O2S. The number of benzene rings is 1. The number of piperidine rings is 2. The third-order valence-corrected chi connectivity index (χ3v) is 7.21. The van der Waals surface area contributed by atoms with Crippen molar-refractivity contribution in [2.24, 2.45) is 5.92 Å². The van der Waals surface area contributed by atoms with Crippen LogP contribution >= 0.6 is 11.8 Å². The summed E-state index contributed by atoms with van der Waals surface area (Å²) < 4.78 is 0. The Morgan fingerprint density at radius 2 is 1.73 bits per heavy atom. The van der Waals surface area contributed by atoms with E-state index in [0.29, 0.717) is 24.3 Å². The van der Waals surface area contributed by atoms with Crippen molar-refractivity contribution < 1.29 is 9.59 Å². The summed E-state index contributed by atoms with van der Waals surface area (Å²) in [6, 6.07) is 9.15. The Morgan fingerprint density at radius 1 is 1.04 bits per heavy atom. The minimum absolute atomic E-state index is 0.0228. The van der Waals surface area contributed by atoms with Gasteiger partial charge in [-0.3, -0.25) is 9.59 Å². The zero-order chi connectivity index (χ0) is 18.1. The summed E-state index contributed by atoms with van der Waals surface area (Å²) in [5.41, 5.74) is 1.29. The molecule has 0 radical (unpaired) electrons. The van der Waals surface area contributed by atoms with E-state index in [2.05, 4.69) is 36.1 Å². The largest absolute Gasteiger partial charge is 0.342 e. The second-order valence-electron chi connectivity index (χ2n) is 7.97. The molecule has 2 saturated heterocycles. The summed E-state index contributed by atoms with van der Waals surface area (Å²) in [6.45, 7) is 4.48. The first-order chi connectivity index (χ1) is 12.6. The monoisotopic (exact) mass is 372 g/mol. The van der Waals surface area contributed by atoms with Crippen molar-refractivity contribution in [1.29, 1.82) is 0 Å². The van der Waals surface area contributed by atoms with Crippen LogP contribution in [0.5, 0.6) is 0 Å². The van der Waals surface area contributed by atoms with Crippen molar-refractivity contribution in [3.05, 3.63) is 29.8 Å². The van der Waals surface area contributed by atoms with E-state index in [0.717, 1.165) is 45.2 Å². The molecule has 2 aliphatic heterocycles. The second-order valence-corrected chi connectivity index (χ2v) is 9.34. The van der Waals surface area contributed by atoms with Crippen molar-refractivity contribution in [3.8, 4) is 0 Å². The highest BCUT2D eigenvalue weighted by molar-refractivity contribution is 8.00. The van der Waals surface area contributed by atoms with Gasteiger partial charge < -0.3 is 9.80 Å². The van der Waals surface area contributed by atoms with Crippen molar-refractivity contribution in [2.45, 2.75) is 61.6 Å². The Balaban J connectivity index is 1.28. The molecule has 1 aliphatic carbocycles. The van der Waals surface area contributed by atoms with Gasteiger partial charge in [-0.2, -0.15) is 0 Å². The molecule has 140 valence electrons. The van der Waals surface area contributed by atoms with Gasteiger partial charge in [-0.15, -0.1) is 11.8 Å². The van der Waals surface area contributed by atoms with E-state index in [1.165, 1.54) is 10.5 Å². The first-order valence-electron chi connectivity index (χ1n) is 9.92. The number of carbonyl (C=O) groups is 2. The van der Waals surface area contributed by atoms with Gasteiger partial charge in [-0.05, 0) is 51.2 Å².